The van der Waals surface area contributed by atoms with Gasteiger partial charge in [0.15, 0.2) is 0 Å². The number of carbonyl (C=O) groups excluding carboxylic acids is 1. The van der Waals surface area contributed by atoms with Crippen molar-refractivity contribution in [3.8, 4) is 0 Å². The van der Waals surface area contributed by atoms with Crippen molar-refractivity contribution in [2.45, 2.75) is 6.10 Å². The van der Waals surface area contributed by atoms with Gasteiger partial charge in [-0.2, -0.15) is 0 Å². The van der Waals surface area contributed by atoms with Crippen molar-refractivity contribution in [2.24, 2.45) is 0 Å². The molecule has 1 aromatic heterocycles. The van der Waals surface area contributed by atoms with Crippen LogP contribution in [-0.2, 0) is 9.47 Å². The molecule has 24 heavy (non-hydrogen) atoms. The molecule has 2 heterocycles. The van der Waals surface area contributed by atoms with Crippen LogP contribution in [0.2, 0.25) is 10.0 Å². The van der Waals surface area contributed by atoms with Crippen LogP contribution in [-0.4, -0.2) is 37.8 Å². The minimum absolute atomic E-state index is 0.115. The number of pyridine rings is 1. The molecule has 0 spiro atoms. The predicted molar refractivity (Wildman–Crippen MR) is 92.9 cm³/mol. The summed E-state index contributed by atoms with van der Waals surface area (Å²) >= 11 is 12.1. The zero-order valence-corrected chi connectivity index (χ0v) is 14.5. The van der Waals surface area contributed by atoms with E-state index in [1.807, 2.05) is 18.2 Å². The standard InChI is InChI=1S/C17H16Cl2N2O3/c1-23-17(22)12-3-5-16(20-9-12)21-6-7-24-15(10-21)11-2-4-13(18)14(19)8-11/h2-5,8-9,15H,6-7,10H2,1H3. The molecule has 5 nitrogen and oxygen atoms in total. The highest BCUT2D eigenvalue weighted by molar-refractivity contribution is 6.42. The highest BCUT2D eigenvalue weighted by atomic mass is 35.5. The lowest BCUT2D eigenvalue weighted by Crippen LogP contribution is -2.38. The van der Waals surface area contributed by atoms with E-state index in [4.69, 9.17) is 27.9 Å². The average molecular weight is 367 g/mol. The molecule has 126 valence electrons. The van der Waals surface area contributed by atoms with Gasteiger partial charge in [-0.25, -0.2) is 9.78 Å². The molecule has 0 bridgehead atoms. The molecule has 1 aliphatic rings. The number of benzene rings is 1. The van der Waals surface area contributed by atoms with Crippen LogP contribution in [0.15, 0.2) is 36.5 Å². The van der Waals surface area contributed by atoms with Gasteiger partial charge in [-0.05, 0) is 29.8 Å². The molecule has 1 fully saturated rings. The van der Waals surface area contributed by atoms with Gasteiger partial charge in [0.2, 0.25) is 0 Å². The SMILES string of the molecule is COC(=O)c1ccc(N2CCOC(c3ccc(Cl)c(Cl)c3)C2)nc1. The van der Waals surface area contributed by atoms with Crippen LogP contribution in [0.3, 0.4) is 0 Å². The third kappa shape index (κ3) is 3.64. The van der Waals surface area contributed by atoms with Crippen molar-refractivity contribution in [3.63, 3.8) is 0 Å². The first-order valence-electron chi connectivity index (χ1n) is 7.44. The number of hydrogen-bond donors (Lipinski definition) is 0. The highest BCUT2D eigenvalue weighted by Gasteiger charge is 2.23. The summed E-state index contributed by atoms with van der Waals surface area (Å²) in [7, 11) is 1.35. The summed E-state index contributed by atoms with van der Waals surface area (Å²) in [4.78, 5) is 17.9. The summed E-state index contributed by atoms with van der Waals surface area (Å²) in [5.74, 6) is 0.390. The monoisotopic (exact) mass is 366 g/mol. The van der Waals surface area contributed by atoms with E-state index < -0.39 is 5.97 Å². The molecule has 1 atom stereocenters. The molecule has 0 radical (unpaired) electrons. The molecule has 2 aromatic rings. The molecular weight excluding hydrogens is 351 g/mol. The zero-order chi connectivity index (χ0) is 17.1. The van der Waals surface area contributed by atoms with Gasteiger partial charge < -0.3 is 14.4 Å². The van der Waals surface area contributed by atoms with E-state index in [1.165, 1.54) is 13.3 Å². The van der Waals surface area contributed by atoms with E-state index in [-0.39, 0.29) is 6.10 Å². The Bertz CT molecular complexity index is 737. The summed E-state index contributed by atoms with van der Waals surface area (Å²) in [5.41, 5.74) is 1.40. The maximum atomic E-state index is 11.5. The molecule has 0 amide bonds. The van der Waals surface area contributed by atoms with E-state index in [0.717, 1.165) is 17.9 Å². The number of anilines is 1. The third-order valence-electron chi connectivity index (χ3n) is 3.87. The number of halogens is 2. The van der Waals surface area contributed by atoms with E-state index >= 15 is 0 Å². The molecule has 1 aliphatic heterocycles. The molecule has 1 saturated heterocycles. The molecule has 0 aliphatic carbocycles. The first-order valence-corrected chi connectivity index (χ1v) is 8.20. The van der Waals surface area contributed by atoms with Gasteiger partial charge >= 0.3 is 5.97 Å². The van der Waals surface area contributed by atoms with E-state index in [0.29, 0.717) is 28.8 Å². The average Bonchev–Trinajstić information content (AvgIpc) is 2.63. The van der Waals surface area contributed by atoms with Gasteiger partial charge in [0, 0.05) is 19.3 Å². The summed E-state index contributed by atoms with van der Waals surface area (Å²) in [6.45, 7) is 1.94. The maximum Gasteiger partial charge on any atom is 0.339 e. The minimum Gasteiger partial charge on any atom is -0.465 e. The second-order valence-electron chi connectivity index (χ2n) is 5.38. The Morgan fingerprint density at radius 3 is 2.79 bits per heavy atom. The summed E-state index contributed by atoms with van der Waals surface area (Å²) in [6.07, 6.45) is 1.40. The predicted octanol–water partition coefficient (Wildman–Crippen LogP) is 3.75. The van der Waals surface area contributed by atoms with Crippen LogP contribution in [0.4, 0.5) is 5.82 Å². The van der Waals surface area contributed by atoms with Crippen molar-refractivity contribution in [2.75, 3.05) is 31.7 Å². The lowest BCUT2D eigenvalue weighted by Gasteiger charge is -2.34. The zero-order valence-electron chi connectivity index (χ0n) is 13.0. The van der Waals surface area contributed by atoms with Crippen molar-refractivity contribution >= 4 is 35.0 Å². The molecule has 1 aromatic carbocycles. The number of rotatable bonds is 3. The normalized spacial score (nSPS) is 17.6. The summed E-state index contributed by atoms with van der Waals surface area (Å²) in [6, 6.07) is 9.02. The molecule has 7 heteroatoms. The van der Waals surface area contributed by atoms with Gasteiger partial charge in [-0.3, -0.25) is 0 Å². The van der Waals surface area contributed by atoms with Crippen LogP contribution >= 0.6 is 23.2 Å². The largest absolute Gasteiger partial charge is 0.465 e. The number of carbonyl (C=O) groups is 1. The summed E-state index contributed by atoms with van der Waals surface area (Å²) < 4.78 is 10.5. The van der Waals surface area contributed by atoms with Crippen LogP contribution in [0.25, 0.3) is 0 Å². The molecule has 1 unspecified atom stereocenters. The highest BCUT2D eigenvalue weighted by Crippen LogP contribution is 2.30. The number of nitrogens with zero attached hydrogens (tertiary/aromatic N) is 2. The van der Waals surface area contributed by atoms with Crippen molar-refractivity contribution in [3.05, 3.63) is 57.7 Å². The first kappa shape index (κ1) is 17.0. The third-order valence-corrected chi connectivity index (χ3v) is 4.61. The van der Waals surface area contributed by atoms with Crippen molar-refractivity contribution < 1.29 is 14.3 Å². The van der Waals surface area contributed by atoms with Gasteiger partial charge in [-0.15, -0.1) is 0 Å². The maximum absolute atomic E-state index is 11.5. The lowest BCUT2D eigenvalue weighted by atomic mass is 10.1. The Hall–Kier alpha value is -1.82. The number of esters is 1. The Morgan fingerprint density at radius 1 is 1.29 bits per heavy atom. The van der Waals surface area contributed by atoms with Gasteiger partial charge in [0.05, 0.1) is 29.3 Å². The second-order valence-corrected chi connectivity index (χ2v) is 6.19. The lowest BCUT2D eigenvalue weighted by molar-refractivity contribution is 0.0395. The molecular formula is C17H16Cl2N2O3. The quantitative estimate of drug-likeness (QED) is 0.774. The van der Waals surface area contributed by atoms with Crippen LogP contribution in [0, 0.1) is 0 Å². The molecule has 0 saturated carbocycles. The number of methoxy groups -OCH3 is 1. The van der Waals surface area contributed by atoms with E-state index in [1.54, 1.807) is 12.1 Å². The van der Waals surface area contributed by atoms with Gasteiger partial charge in [-0.1, -0.05) is 29.3 Å². The fraction of sp³-hybridized carbons (Fsp3) is 0.294. The number of morpholine rings is 1. The summed E-state index contributed by atoms with van der Waals surface area (Å²) in [5, 5.41) is 1.03. The van der Waals surface area contributed by atoms with Crippen LogP contribution in [0.5, 0.6) is 0 Å². The fourth-order valence-corrected chi connectivity index (χ4v) is 2.89. The van der Waals surface area contributed by atoms with E-state index in [9.17, 15) is 4.79 Å². The minimum atomic E-state index is -0.398. The Morgan fingerprint density at radius 2 is 2.12 bits per heavy atom. The molecule has 0 N–H and O–H groups in total. The number of hydrogen-bond acceptors (Lipinski definition) is 5. The van der Waals surface area contributed by atoms with E-state index in [2.05, 4.69) is 14.6 Å². The van der Waals surface area contributed by atoms with Crippen LogP contribution < -0.4 is 4.90 Å². The van der Waals surface area contributed by atoms with Crippen molar-refractivity contribution in [1.29, 1.82) is 0 Å². The van der Waals surface area contributed by atoms with Crippen LogP contribution in [0.1, 0.15) is 22.0 Å². The Labute approximate surface area is 150 Å². The number of ether oxygens (including phenoxy) is 2. The second kappa shape index (κ2) is 7.38. The van der Waals surface area contributed by atoms with Crippen molar-refractivity contribution in [1.82, 2.24) is 4.98 Å². The number of aromatic nitrogens is 1. The first-order chi connectivity index (χ1) is 11.6. The fourth-order valence-electron chi connectivity index (χ4n) is 2.58. The van der Waals surface area contributed by atoms with Gasteiger partial charge in [0.1, 0.15) is 11.9 Å². The molecule has 3 rings (SSSR count). The Balaban J connectivity index is 1.75. The topological polar surface area (TPSA) is 51.7 Å². The smallest absolute Gasteiger partial charge is 0.339 e. The van der Waals surface area contributed by atoms with Gasteiger partial charge in [0.25, 0.3) is 0 Å². The Kier molecular flexibility index (Phi) is 5.23.